The molecular weight excluding hydrogens is 364 g/mol. The summed E-state index contributed by atoms with van der Waals surface area (Å²) in [5.74, 6) is 1.73. The van der Waals surface area contributed by atoms with Crippen LogP contribution in [0, 0.1) is 13.8 Å². The van der Waals surface area contributed by atoms with E-state index in [-0.39, 0.29) is 5.91 Å². The Labute approximate surface area is 162 Å². The van der Waals surface area contributed by atoms with Gasteiger partial charge in [-0.1, -0.05) is 0 Å². The van der Waals surface area contributed by atoms with Gasteiger partial charge in [-0.2, -0.15) is 0 Å². The third-order valence-corrected chi connectivity index (χ3v) is 5.10. The SMILES string of the molecule is COc1cc(OC)cc(C(NC(=O)c2nc(C)sc2C)c2nccn2C)c1. The van der Waals surface area contributed by atoms with E-state index in [1.165, 1.54) is 11.3 Å². The average molecular weight is 386 g/mol. The van der Waals surface area contributed by atoms with E-state index in [1.54, 1.807) is 26.5 Å². The van der Waals surface area contributed by atoms with Gasteiger partial charge in [0.15, 0.2) is 0 Å². The summed E-state index contributed by atoms with van der Waals surface area (Å²) in [7, 11) is 5.07. The van der Waals surface area contributed by atoms with Gasteiger partial charge in [-0.3, -0.25) is 4.79 Å². The minimum absolute atomic E-state index is 0.244. The number of benzene rings is 1. The van der Waals surface area contributed by atoms with Crippen molar-refractivity contribution in [1.82, 2.24) is 19.9 Å². The van der Waals surface area contributed by atoms with Gasteiger partial charge in [0.05, 0.1) is 19.2 Å². The third kappa shape index (κ3) is 3.95. The van der Waals surface area contributed by atoms with Crippen molar-refractivity contribution in [3.63, 3.8) is 0 Å². The number of nitrogens with zero attached hydrogens (tertiary/aromatic N) is 3. The minimum Gasteiger partial charge on any atom is -0.497 e. The Balaban J connectivity index is 2.04. The lowest BCUT2D eigenvalue weighted by molar-refractivity contribution is 0.0936. The monoisotopic (exact) mass is 386 g/mol. The van der Waals surface area contributed by atoms with Gasteiger partial charge in [-0.25, -0.2) is 9.97 Å². The van der Waals surface area contributed by atoms with Crippen LogP contribution in [0.4, 0.5) is 0 Å². The van der Waals surface area contributed by atoms with Crippen molar-refractivity contribution in [2.45, 2.75) is 19.9 Å². The Kier molecular flexibility index (Phi) is 5.46. The van der Waals surface area contributed by atoms with Crippen molar-refractivity contribution < 1.29 is 14.3 Å². The van der Waals surface area contributed by atoms with Gasteiger partial charge in [0.25, 0.3) is 5.91 Å². The molecule has 0 saturated carbocycles. The molecule has 1 atom stereocenters. The number of imidazole rings is 1. The van der Waals surface area contributed by atoms with E-state index >= 15 is 0 Å². The molecule has 0 spiro atoms. The molecule has 27 heavy (non-hydrogen) atoms. The second kappa shape index (κ2) is 7.79. The molecule has 0 aliphatic carbocycles. The van der Waals surface area contributed by atoms with Gasteiger partial charge in [0.2, 0.25) is 0 Å². The number of aromatic nitrogens is 3. The molecule has 0 bridgehead atoms. The molecule has 3 rings (SSSR count). The number of aryl methyl sites for hydroxylation is 3. The second-order valence-corrected chi connectivity index (χ2v) is 7.49. The van der Waals surface area contributed by atoms with Crippen LogP contribution < -0.4 is 14.8 Å². The predicted molar refractivity (Wildman–Crippen MR) is 104 cm³/mol. The van der Waals surface area contributed by atoms with Crippen LogP contribution in [0.15, 0.2) is 30.6 Å². The van der Waals surface area contributed by atoms with Crippen LogP contribution >= 0.6 is 11.3 Å². The zero-order chi connectivity index (χ0) is 19.6. The molecule has 0 radical (unpaired) electrons. The standard InChI is InChI=1S/C19H22N4O3S/c1-11-16(21-12(2)27-11)19(24)22-17(18-20-6-7-23(18)3)13-8-14(25-4)10-15(9-13)26-5/h6-10,17H,1-5H3,(H,22,24). The van der Waals surface area contributed by atoms with Gasteiger partial charge < -0.3 is 19.4 Å². The Bertz CT molecular complexity index is 942. The quantitative estimate of drug-likeness (QED) is 0.705. The molecule has 0 aliphatic rings. The van der Waals surface area contributed by atoms with E-state index in [4.69, 9.17) is 9.47 Å². The predicted octanol–water partition coefficient (Wildman–Crippen LogP) is 3.03. The van der Waals surface area contributed by atoms with E-state index in [1.807, 2.05) is 43.8 Å². The second-order valence-electron chi connectivity index (χ2n) is 6.09. The molecule has 7 nitrogen and oxygen atoms in total. The maximum Gasteiger partial charge on any atom is 0.271 e. The highest BCUT2D eigenvalue weighted by molar-refractivity contribution is 7.11. The summed E-state index contributed by atoms with van der Waals surface area (Å²) < 4.78 is 12.6. The van der Waals surface area contributed by atoms with Crippen molar-refractivity contribution in [1.29, 1.82) is 0 Å². The van der Waals surface area contributed by atoms with Crippen molar-refractivity contribution in [2.75, 3.05) is 14.2 Å². The maximum absolute atomic E-state index is 12.9. The first-order valence-electron chi connectivity index (χ1n) is 8.38. The summed E-state index contributed by atoms with van der Waals surface area (Å²) in [4.78, 5) is 22.6. The summed E-state index contributed by atoms with van der Waals surface area (Å²) in [6.07, 6.45) is 3.54. The molecule has 1 N–H and O–H groups in total. The number of nitrogens with one attached hydrogen (secondary N) is 1. The van der Waals surface area contributed by atoms with Gasteiger partial charge >= 0.3 is 0 Å². The van der Waals surface area contributed by atoms with Gasteiger partial charge in [-0.15, -0.1) is 11.3 Å². The molecule has 142 valence electrons. The van der Waals surface area contributed by atoms with Crippen LogP contribution in [-0.2, 0) is 7.05 Å². The first kappa shape index (κ1) is 18.9. The summed E-state index contributed by atoms with van der Waals surface area (Å²) in [5.41, 5.74) is 1.24. The number of thiazole rings is 1. The lowest BCUT2D eigenvalue weighted by Gasteiger charge is -2.20. The lowest BCUT2D eigenvalue weighted by atomic mass is 10.0. The molecular formula is C19H22N4O3S. The fourth-order valence-electron chi connectivity index (χ4n) is 2.89. The molecule has 1 aromatic carbocycles. The molecule has 8 heteroatoms. The number of carbonyl (C=O) groups is 1. The van der Waals surface area contributed by atoms with Gasteiger partial charge in [0.1, 0.15) is 29.1 Å². The van der Waals surface area contributed by atoms with Crippen molar-refractivity contribution in [2.24, 2.45) is 7.05 Å². The van der Waals surface area contributed by atoms with Crippen molar-refractivity contribution in [3.8, 4) is 11.5 Å². The van der Waals surface area contributed by atoms with Crippen LogP contribution in [0.25, 0.3) is 0 Å². The van der Waals surface area contributed by atoms with Crippen molar-refractivity contribution >= 4 is 17.2 Å². The molecule has 2 aromatic heterocycles. The smallest absolute Gasteiger partial charge is 0.271 e. The molecule has 0 saturated heterocycles. The zero-order valence-electron chi connectivity index (χ0n) is 15.9. The summed E-state index contributed by atoms with van der Waals surface area (Å²) in [6.45, 7) is 3.78. The fraction of sp³-hybridized carbons (Fsp3) is 0.316. The normalized spacial score (nSPS) is 11.9. The van der Waals surface area contributed by atoms with Gasteiger partial charge in [-0.05, 0) is 31.5 Å². The number of ether oxygens (including phenoxy) is 2. The summed E-state index contributed by atoms with van der Waals surface area (Å²) >= 11 is 1.50. The Morgan fingerprint density at radius 1 is 1.19 bits per heavy atom. The first-order valence-corrected chi connectivity index (χ1v) is 9.19. The third-order valence-electron chi connectivity index (χ3n) is 4.22. The van der Waals surface area contributed by atoms with E-state index in [2.05, 4.69) is 15.3 Å². The highest BCUT2D eigenvalue weighted by Crippen LogP contribution is 2.30. The summed E-state index contributed by atoms with van der Waals surface area (Å²) in [5, 5.41) is 3.92. The number of methoxy groups -OCH3 is 2. The van der Waals surface area contributed by atoms with Crippen LogP contribution in [0.5, 0.6) is 11.5 Å². The highest BCUT2D eigenvalue weighted by atomic mass is 32.1. The first-order chi connectivity index (χ1) is 12.9. The maximum atomic E-state index is 12.9. The molecule has 0 fully saturated rings. The van der Waals surface area contributed by atoms with Crippen LogP contribution in [0.2, 0.25) is 0 Å². The largest absolute Gasteiger partial charge is 0.497 e. The number of amides is 1. The Morgan fingerprint density at radius 2 is 1.85 bits per heavy atom. The molecule has 1 amide bonds. The van der Waals surface area contributed by atoms with Crippen LogP contribution in [0.3, 0.4) is 0 Å². The lowest BCUT2D eigenvalue weighted by Crippen LogP contribution is -2.31. The molecule has 2 heterocycles. The molecule has 3 aromatic rings. The number of hydrogen-bond acceptors (Lipinski definition) is 6. The van der Waals surface area contributed by atoms with Crippen LogP contribution in [-0.4, -0.2) is 34.7 Å². The van der Waals surface area contributed by atoms with E-state index in [0.29, 0.717) is 23.0 Å². The number of rotatable bonds is 6. The minimum atomic E-state index is -0.483. The molecule has 1 unspecified atom stereocenters. The van der Waals surface area contributed by atoms with E-state index < -0.39 is 6.04 Å². The zero-order valence-corrected chi connectivity index (χ0v) is 16.8. The Hall–Kier alpha value is -2.87. The average Bonchev–Trinajstić information content (AvgIpc) is 3.23. The summed E-state index contributed by atoms with van der Waals surface area (Å²) in [6, 6.07) is 5.03. The topological polar surface area (TPSA) is 78.3 Å². The van der Waals surface area contributed by atoms with E-state index in [0.717, 1.165) is 15.4 Å². The Morgan fingerprint density at radius 3 is 2.33 bits per heavy atom. The van der Waals surface area contributed by atoms with Crippen LogP contribution in [0.1, 0.15) is 37.8 Å². The van der Waals surface area contributed by atoms with Crippen molar-refractivity contribution in [3.05, 3.63) is 57.6 Å². The van der Waals surface area contributed by atoms with E-state index in [9.17, 15) is 4.79 Å². The highest BCUT2D eigenvalue weighted by Gasteiger charge is 2.25. The fourth-order valence-corrected chi connectivity index (χ4v) is 3.70. The number of carbonyl (C=O) groups excluding carboxylic acids is 1. The number of hydrogen-bond donors (Lipinski definition) is 1. The molecule has 0 aliphatic heterocycles. The van der Waals surface area contributed by atoms with Gasteiger partial charge in [0, 0.05) is 30.4 Å².